The summed E-state index contributed by atoms with van der Waals surface area (Å²) in [6.45, 7) is 0. The molecule has 6 nitrogen and oxygen atoms in total. The second-order valence-corrected chi connectivity index (χ2v) is 6.76. The Balaban J connectivity index is 1.76. The lowest BCUT2D eigenvalue weighted by atomic mass is 10.0. The van der Waals surface area contributed by atoms with Crippen molar-refractivity contribution in [3.8, 4) is 17.3 Å². The van der Waals surface area contributed by atoms with Crippen LogP contribution in [0, 0.1) is 0 Å². The number of phenolic OH excluding ortho intramolecular Hbond substituents is 1. The molecule has 0 saturated carbocycles. The summed E-state index contributed by atoms with van der Waals surface area (Å²) in [4.78, 5) is 17.4. The number of ether oxygens (including phenoxy) is 1. The Hall–Kier alpha value is -4.06. The van der Waals surface area contributed by atoms with Crippen LogP contribution in [0.1, 0.15) is 22.4 Å². The normalized spacial score (nSPS) is 11.1. The predicted molar refractivity (Wildman–Crippen MR) is 117 cm³/mol. The summed E-state index contributed by atoms with van der Waals surface area (Å²) in [5.41, 5.74) is 3.08. The minimum atomic E-state index is -0.138. The third-order valence-corrected chi connectivity index (χ3v) is 4.77. The first-order chi connectivity index (χ1) is 14.7. The first-order valence-electron chi connectivity index (χ1n) is 9.50. The zero-order valence-corrected chi connectivity index (χ0v) is 16.4. The van der Waals surface area contributed by atoms with E-state index in [-0.39, 0.29) is 11.3 Å². The van der Waals surface area contributed by atoms with Gasteiger partial charge in [-0.25, -0.2) is 9.67 Å². The van der Waals surface area contributed by atoms with Crippen molar-refractivity contribution in [2.45, 2.75) is 6.42 Å². The van der Waals surface area contributed by atoms with Gasteiger partial charge in [-0.2, -0.15) is 0 Å². The van der Waals surface area contributed by atoms with Gasteiger partial charge in [0.05, 0.1) is 12.8 Å². The molecule has 2 aromatic carbocycles. The third-order valence-electron chi connectivity index (χ3n) is 4.77. The van der Waals surface area contributed by atoms with E-state index >= 15 is 0 Å². The van der Waals surface area contributed by atoms with Crippen LogP contribution in [-0.2, 0) is 6.42 Å². The van der Waals surface area contributed by atoms with E-state index in [0.29, 0.717) is 29.2 Å². The molecule has 4 aromatic rings. The first-order valence-corrected chi connectivity index (χ1v) is 9.50. The Labute approximate surface area is 173 Å². The molecule has 0 spiro atoms. The fourth-order valence-electron chi connectivity index (χ4n) is 3.22. The third kappa shape index (κ3) is 4.03. The summed E-state index contributed by atoms with van der Waals surface area (Å²) in [5.74, 6) is 0.998. The fraction of sp³-hybridized carbons (Fsp3) is 0.0833. The lowest BCUT2D eigenvalue weighted by Crippen LogP contribution is -2.18. The minimum Gasteiger partial charge on any atom is -0.504 e. The highest BCUT2D eigenvalue weighted by Crippen LogP contribution is 2.27. The maximum atomic E-state index is 13.2. The molecule has 0 bridgehead atoms. The smallest absolute Gasteiger partial charge is 0.276 e. The molecule has 6 heteroatoms. The van der Waals surface area contributed by atoms with Gasteiger partial charge in [0.2, 0.25) is 0 Å². The highest BCUT2D eigenvalue weighted by Gasteiger charge is 2.15. The van der Waals surface area contributed by atoms with Crippen molar-refractivity contribution in [1.29, 1.82) is 0 Å². The molecular weight excluding hydrogens is 378 g/mol. The quantitative estimate of drug-likeness (QED) is 0.513. The van der Waals surface area contributed by atoms with Gasteiger partial charge in [0.15, 0.2) is 17.3 Å². The molecule has 0 radical (unpaired) electrons. The van der Waals surface area contributed by atoms with Crippen molar-refractivity contribution in [2.75, 3.05) is 7.11 Å². The number of rotatable bonds is 6. The van der Waals surface area contributed by atoms with Gasteiger partial charge in [-0.15, -0.1) is 0 Å². The lowest BCUT2D eigenvalue weighted by molar-refractivity contribution is 0.373. The number of phenols is 1. The van der Waals surface area contributed by atoms with Crippen LogP contribution < -0.4 is 10.3 Å². The number of aromatic amines is 1. The monoisotopic (exact) mass is 399 g/mol. The molecule has 0 aliphatic rings. The van der Waals surface area contributed by atoms with Gasteiger partial charge < -0.3 is 9.84 Å². The molecule has 2 heterocycles. The van der Waals surface area contributed by atoms with Crippen molar-refractivity contribution < 1.29 is 9.84 Å². The molecule has 0 saturated heterocycles. The van der Waals surface area contributed by atoms with E-state index < -0.39 is 0 Å². The van der Waals surface area contributed by atoms with Gasteiger partial charge in [-0.3, -0.25) is 9.89 Å². The van der Waals surface area contributed by atoms with Crippen LogP contribution in [0.4, 0.5) is 0 Å². The van der Waals surface area contributed by atoms with Gasteiger partial charge in [0, 0.05) is 18.2 Å². The van der Waals surface area contributed by atoms with Gasteiger partial charge >= 0.3 is 0 Å². The molecule has 0 aliphatic carbocycles. The van der Waals surface area contributed by atoms with Gasteiger partial charge in [0.1, 0.15) is 0 Å². The number of pyridine rings is 1. The molecule has 0 amide bonds. The van der Waals surface area contributed by atoms with Gasteiger partial charge in [-0.1, -0.05) is 48.5 Å². The van der Waals surface area contributed by atoms with E-state index in [2.05, 4.69) is 10.1 Å². The van der Waals surface area contributed by atoms with E-state index in [1.54, 1.807) is 36.5 Å². The van der Waals surface area contributed by atoms with Crippen molar-refractivity contribution in [2.24, 2.45) is 0 Å². The zero-order chi connectivity index (χ0) is 20.9. The molecule has 2 N–H and O–H groups in total. The molecule has 0 aliphatic heterocycles. The first kappa shape index (κ1) is 19.3. The lowest BCUT2D eigenvalue weighted by Gasteiger charge is -2.03. The number of aromatic nitrogens is 3. The second-order valence-electron chi connectivity index (χ2n) is 6.76. The Morgan fingerprint density at radius 2 is 1.87 bits per heavy atom. The summed E-state index contributed by atoms with van der Waals surface area (Å²) in [7, 11) is 1.50. The summed E-state index contributed by atoms with van der Waals surface area (Å²) < 4.78 is 6.62. The topological polar surface area (TPSA) is 80.1 Å². The molecule has 4 rings (SSSR count). The largest absolute Gasteiger partial charge is 0.504 e. The summed E-state index contributed by atoms with van der Waals surface area (Å²) in [5, 5.41) is 13.0. The van der Waals surface area contributed by atoms with Crippen LogP contribution in [0.3, 0.4) is 0 Å². The van der Waals surface area contributed by atoms with E-state index in [4.69, 9.17) is 4.74 Å². The molecule has 0 fully saturated rings. The molecule has 0 atom stereocenters. The highest BCUT2D eigenvalue weighted by molar-refractivity contribution is 5.71. The van der Waals surface area contributed by atoms with Crippen molar-refractivity contribution >= 4 is 12.2 Å². The Morgan fingerprint density at radius 3 is 2.60 bits per heavy atom. The Morgan fingerprint density at radius 1 is 1.07 bits per heavy atom. The summed E-state index contributed by atoms with van der Waals surface area (Å²) in [6, 6.07) is 20.4. The van der Waals surface area contributed by atoms with E-state index in [1.807, 2.05) is 48.6 Å². The van der Waals surface area contributed by atoms with Crippen LogP contribution in [0.25, 0.3) is 18.0 Å². The van der Waals surface area contributed by atoms with Gasteiger partial charge in [-0.05, 0) is 41.5 Å². The number of methoxy groups -OCH3 is 1. The second kappa shape index (κ2) is 8.53. The number of nitrogens with zero attached hydrogens (tertiary/aromatic N) is 2. The number of H-pyrrole nitrogens is 1. The molecular formula is C24H21N3O3. The number of aromatic hydroxyl groups is 1. The van der Waals surface area contributed by atoms with Crippen LogP contribution >= 0.6 is 0 Å². The van der Waals surface area contributed by atoms with E-state index in [1.165, 1.54) is 11.8 Å². The van der Waals surface area contributed by atoms with Gasteiger partial charge in [0.25, 0.3) is 5.56 Å². The Bertz CT molecular complexity index is 1230. The number of benzene rings is 2. The van der Waals surface area contributed by atoms with Crippen LogP contribution in [0.15, 0.2) is 77.7 Å². The number of hydrogen-bond donors (Lipinski definition) is 2. The van der Waals surface area contributed by atoms with Crippen LogP contribution in [-0.4, -0.2) is 27.0 Å². The SMILES string of the molecule is COc1cc(/C=C/c2[nH]n(-c3ccccn3)c(=O)c2Cc2ccccc2)ccc1O. The standard InChI is InChI=1S/C24H21N3O3/c1-30-22-16-18(11-13-21(22)28)10-12-20-19(15-17-7-3-2-4-8-17)24(29)27(26-20)23-9-5-6-14-25-23/h2-14,16,26,28H,15H2,1H3/b12-10+. The maximum Gasteiger partial charge on any atom is 0.276 e. The van der Waals surface area contributed by atoms with E-state index in [0.717, 1.165) is 11.1 Å². The number of nitrogens with one attached hydrogen (secondary N) is 1. The van der Waals surface area contributed by atoms with Crippen LogP contribution in [0.2, 0.25) is 0 Å². The molecule has 0 unspecified atom stereocenters. The summed E-state index contributed by atoms with van der Waals surface area (Å²) >= 11 is 0. The van der Waals surface area contributed by atoms with Crippen molar-refractivity contribution in [1.82, 2.24) is 14.8 Å². The average molecular weight is 399 g/mol. The van der Waals surface area contributed by atoms with Crippen molar-refractivity contribution in [3.05, 3.63) is 106 Å². The average Bonchev–Trinajstić information content (AvgIpc) is 3.10. The molecule has 2 aromatic heterocycles. The maximum absolute atomic E-state index is 13.2. The summed E-state index contributed by atoms with van der Waals surface area (Å²) in [6.07, 6.45) is 5.86. The Kier molecular flexibility index (Phi) is 5.48. The minimum absolute atomic E-state index is 0.0779. The fourth-order valence-corrected chi connectivity index (χ4v) is 3.22. The van der Waals surface area contributed by atoms with Crippen LogP contribution in [0.5, 0.6) is 11.5 Å². The molecule has 150 valence electrons. The van der Waals surface area contributed by atoms with E-state index in [9.17, 15) is 9.90 Å². The predicted octanol–water partition coefficient (Wildman–Crippen LogP) is 4.04. The number of hydrogen-bond acceptors (Lipinski definition) is 4. The molecule has 30 heavy (non-hydrogen) atoms. The van der Waals surface area contributed by atoms with Crippen molar-refractivity contribution in [3.63, 3.8) is 0 Å². The zero-order valence-electron chi connectivity index (χ0n) is 16.4. The highest BCUT2D eigenvalue weighted by atomic mass is 16.5.